The summed E-state index contributed by atoms with van der Waals surface area (Å²) in [6.07, 6.45) is 10.2. The highest BCUT2D eigenvalue weighted by atomic mass is 16.5. The fourth-order valence-corrected chi connectivity index (χ4v) is 1.62. The van der Waals surface area contributed by atoms with Crippen LogP contribution in [0.4, 0.5) is 0 Å². The molecular weight excluding hydrogens is 270 g/mol. The van der Waals surface area contributed by atoms with Crippen molar-refractivity contribution >= 4 is 11.9 Å². The fraction of sp³-hybridized carbons (Fsp3) is 0.500. The predicted molar refractivity (Wildman–Crippen MR) is 80.1 cm³/mol. The van der Waals surface area contributed by atoms with Gasteiger partial charge in [0.15, 0.2) is 6.10 Å². The van der Waals surface area contributed by atoms with Crippen molar-refractivity contribution in [3.05, 3.63) is 36.5 Å². The van der Waals surface area contributed by atoms with Crippen LogP contribution >= 0.6 is 0 Å². The average molecular weight is 295 g/mol. The molecule has 0 heterocycles. The molecule has 21 heavy (non-hydrogen) atoms. The molecule has 5 nitrogen and oxygen atoms in total. The Morgan fingerprint density at radius 1 is 1.14 bits per heavy atom. The minimum atomic E-state index is -1.23. The standard InChI is InChI=1S/C16H25NO4/c1-5-6-7-8-9-10-11-16(20)21-14(12-15(18)19)13-17(2,3)4/h6-11,14H,5,12-13H2,1-4H3/b7-6+,9-8+,11-10+. The van der Waals surface area contributed by atoms with Gasteiger partial charge in [-0.2, -0.15) is 0 Å². The second-order valence-electron chi connectivity index (χ2n) is 5.69. The maximum Gasteiger partial charge on any atom is 0.331 e. The number of allylic oxidation sites excluding steroid dienone is 5. The molecule has 0 aromatic carbocycles. The molecule has 0 N–H and O–H groups in total. The number of carbonyl (C=O) groups excluding carboxylic acids is 2. The lowest BCUT2D eigenvalue weighted by atomic mass is 10.2. The number of carbonyl (C=O) groups is 2. The smallest absolute Gasteiger partial charge is 0.331 e. The topological polar surface area (TPSA) is 66.4 Å². The Morgan fingerprint density at radius 3 is 2.29 bits per heavy atom. The summed E-state index contributed by atoms with van der Waals surface area (Å²) in [5.74, 6) is -1.78. The van der Waals surface area contributed by atoms with Crippen LogP contribution in [0.2, 0.25) is 0 Å². The van der Waals surface area contributed by atoms with Crippen molar-refractivity contribution in [2.75, 3.05) is 27.7 Å². The van der Waals surface area contributed by atoms with E-state index in [1.807, 2.05) is 40.2 Å². The van der Waals surface area contributed by atoms with Gasteiger partial charge in [-0.15, -0.1) is 0 Å². The third-order valence-corrected chi connectivity index (χ3v) is 2.37. The number of carboxylic acids is 1. The van der Waals surface area contributed by atoms with Gasteiger partial charge < -0.3 is 19.1 Å². The van der Waals surface area contributed by atoms with Crippen molar-refractivity contribution in [2.24, 2.45) is 0 Å². The van der Waals surface area contributed by atoms with Crippen LogP contribution in [0.15, 0.2) is 36.5 Å². The molecule has 5 heteroatoms. The van der Waals surface area contributed by atoms with E-state index >= 15 is 0 Å². The quantitative estimate of drug-likeness (QED) is 0.273. The highest BCUT2D eigenvalue weighted by molar-refractivity contribution is 5.82. The Bertz CT molecular complexity index is 416. The molecular formula is C16H25NO4. The van der Waals surface area contributed by atoms with Gasteiger partial charge in [0.1, 0.15) is 6.54 Å². The summed E-state index contributed by atoms with van der Waals surface area (Å²) in [7, 11) is 5.69. The predicted octanol–water partition coefficient (Wildman–Crippen LogP) is 0.823. The molecule has 0 aliphatic heterocycles. The van der Waals surface area contributed by atoms with Gasteiger partial charge >= 0.3 is 5.97 Å². The lowest BCUT2D eigenvalue weighted by molar-refractivity contribution is -0.873. The largest absolute Gasteiger partial charge is 0.550 e. The van der Waals surface area contributed by atoms with E-state index in [1.54, 1.807) is 18.2 Å². The Morgan fingerprint density at radius 2 is 1.76 bits per heavy atom. The number of quaternary nitrogens is 1. The second kappa shape index (κ2) is 9.94. The van der Waals surface area contributed by atoms with Gasteiger partial charge in [-0.1, -0.05) is 37.3 Å². The molecule has 0 spiro atoms. The van der Waals surface area contributed by atoms with Crippen LogP contribution in [-0.4, -0.2) is 50.2 Å². The maximum absolute atomic E-state index is 11.6. The van der Waals surface area contributed by atoms with Crippen LogP contribution in [-0.2, 0) is 14.3 Å². The third-order valence-electron chi connectivity index (χ3n) is 2.37. The highest BCUT2D eigenvalue weighted by Gasteiger charge is 2.21. The first-order valence-corrected chi connectivity index (χ1v) is 6.95. The van der Waals surface area contributed by atoms with Gasteiger partial charge in [0.25, 0.3) is 0 Å². The molecule has 0 aromatic rings. The van der Waals surface area contributed by atoms with E-state index in [9.17, 15) is 14.7 Å². The zero-order chi connectivity index (χ0) is 16.3. The number of likely N-dealkylation sites (N-methyl/N-ethyl adjacent to an activating group) is 1. The van der Waals surface area contributed by atoms with Gasteiger partial charge in [0, 0.05) is 18.5 Å². The number of ether oxygens (including phenoxy) is 1. The van der Waals surface area contributed by atoms with Gasteiger partial charge in [-0.3, -0.25) is 0 Å². The second-order valence-corrected chi connectivity index (χ2v) is 5.69. The number of rotatable bonds is 9. The van der Waals surface area contributed by atoms with Crippen LogP contribution in [0.3, 0.4) is 0 Å². The third kappa shape index (κ3) is 12.9. The Balaban J connectivity index is 4.45. The molecule has 0 aromatic heterocycles. The van der Waals surface area contributed by atoms with Crippen LogP contribution in [0.25, 0.3) is 0 Å². The number of nitrogens with zero attached hydrogens (tertiary/aromatic N) is 1. The molecule has 0 bridgehead atoms. The molecule has 0 amide bonds. The average Bonchev–Trinajstić information content (AvgIpc) is 2.30. The summed E-state index contributed by atoms with van der Waals surface area (Å²) < 4.78 is 5.65. The van der Waals surface area contributed by atoms with Crippen molar-refractivity contribution in [1.29, 1.82) is 0 Å². The van der Waals surface area contributed by atoms with Crippen molar-refractivity contribution in [2.45, 2.75) is 25.9 Å². The zero-order valence-electron chi connectivity index (χ0n) is 13.2. The minimum absolute atomic E-state index is 0.301. The molecule has 0 rings (SSSR count). The first-order chi connectivity index (χ1) is 9.74. The van der Waals surface area contributed by atoms with E-state index in [0.29, 0.717) is 11.0 Å². The summed E-state index contributed by atoms with van der Waals surface area (Å²) in [5, 5.41) is 10.7. The van der Waals surface area contributed by atoms with Crippen LogP contribution in [0.5, 0.6) is 0 Å². The van der Waals surface area contributed by atoms with Gasteiger partial charge in [0.2, 0.25) is 0 Å². The summed E-state index contributed by atoms with van der Waals surface area (Å²) in [6.45, 7) is 2.44. The zero-order valence-corrected chi connectivity index (χ0v) is 13.2. The van der Waals surface area contributed by atoms with E-state index in [2.05, 4.69) is 0 Å². The van der Waals surface area contributed by atoms with Gasteiger partial charge in [-0.25, -0.2) is 4.79 Å². The fourth-order valence-electron chi connectivity index (χ4n) is 1.62. The number of esters is 1. The molecule has 1 atom stereocenters. The Kier molecular flexibility index (Phi) is 9.05. The minimum Gasteiger partial charge on any atom is -0.550 e. The Labute approximate surface area is 126 Å². The van der Waals surface area contributed by atoms with Gasteiger partial charge in [0.05, 0.1) is 21.1 Å². The molecule has 0 aliphatic carbocycles. The first kappa shape index (κ1) is 19.1. The van der Waals surface area contributed by atoms with Gasteiger partial charge in [-0.05, 0) is 6.42 Å². The number of carboxylic acid groups (broad SMARTS) is 1. The van der Waals surface area contributed by atoms with Crippen molar-refractivity contribution < 1.29 is 23.9 Å². The van der Waals surface area contributed by atoms with E-state index in [4.69, 9.17) is 4.74 Å². The molecule has 118 valence electrons. The first-order valence-electron chi connectivity index (χ1n) is 6.95. The van der Waals surface area contributed by atoms with Crippen LogP contribution < -0.4 is 5.11 Å². The van der Waals surface area contributed by atoms with Crippen molar-refractivity contribution in [3.63, 3.8) is 0 Å². The normalized spacial score (nSPS) is 14.1. The summed E-state index contributed by atoms with van der Waals surface area (Å²) in [6, 6.07) is 0. The molecule has 0 fully saturated rings. The number of hydrogen-bond acceptors (Lipinski definition) is 4. The molecule has 0 saturated heterocycles. The van der Waals surface area contributed by atoms with E-state index in [-0.39, 0.29) is 6.42 Å². The van der Waals surface area contributed by atoms with Crippen molar-refractivity contribution in [3.8, 4) is 0 Å². The molecule has 0 saturated carbocycles. The Hall–Kier alpha value is -1.88. The SMILES string of the molecule is CC/C=C/C=C/C=C/C(=O)OC(CC(=O)[O-])C[N+](C)(C)C. The number of hydrogen-bond donors (Lipinski definition) is 0. The number of aliphatic carboxylic acids is 1. The van der Waals surface area contributed by atoms with E-state index < -0.39 is 18.0 Å². The van der Waals surface area contributed by atoms with Crippen LogP contribution in [0.1, 0.15) is 19.8 Å². The lowest BCUT2D eigenvalue weighted by Gasteiger charge is -2.28. The molecule has 0 aliphatic rings. The maximum atomic E-state index is 11.6. The lowest BCUT2D eigenvalue weighted by Crippen LogP contribution is -2.45. The van der Waals surface area contributed by atoms with Crippen molar-refractivity contribution in [1.82, 2.24) is 0 Å². The highest BCUT2D eigenvalue weighted by Crippen LogP contribution is 2.05. The van der Waals surface area contributed by atoms with E-state index in [1.165, 1.54) is 6.08 Å². The summed E-state index contributed by atoms with van der Waals surface area (Å²) in [4.78, 5) is 22.3. The summed E-state index contributed by atoms with van der Waals surface area (Å²) in [5.41, 5.74) is 0. The molecule has 1 unspecified atom stereocenters. The summed E-state index contributed by atoms with van der Waals surface area (Å²) >= 11 is 0. The van der Waals surface area contributed by atoms with Crippen LogP contribution in [0, 0.1) is 0 Å². The van der Waals surface area contributed by atoms with E-state index in [0.717, 1.165) is 6.42 Å². The molecule has 0 radical (unpaired) electrons. The monoisotopic (exact) mass is 295 g/mol.